The highest BCUT2D eigenvalue weighted by molar-refractivity contribution is 6.23. The number of nitrogens with two attached hydrogens (primary N) is 1. The Labute approximate surface area is 179 Å². The first-order valence-electron chi connectivity index (χ1n) is 9.64. The summed E-state index contributed by atoms with van der Waals surface area (Å²) in [5.41, 5.74) is 6.79. The maximum Gasteiger partial charge on any atom is 0.189 e. The van der Waals surface area contributed by atoms with Crippen LogP contribution in [0.3, 0.4) is 0 Å². The molecule has 0 amide bonds. The molecule has 0 saturated heterocycles. The minimum absolute atomic E-state index is 0. The predicted octanol–water partition coefficient (Wildman–Crippen LogP) is 1.72. The molecule has 0 aliphatic heterocycles. The van der Waals surface area contributed by atoms with Gasteiger partial charge < -0.3 is 20.8 Å². The fourth-order valence-electron chi connectivity index (χ4n) is 3.81. The highest BCUT2D eigenvalue weighted by Crippen LogP contribution is 2.41. The Balaban J connectivity index is 0.00000256. The van der Waals surface area contributed by atoms with E-state index in [0.29, 0.717) is 35.9 Å². The highest BCUT2D eigenvalue weighted by Gasteiger charge is 2.21. The molecule has 30 heavy (non-hydrogen) atoms. The Kier molecular flexibility index (Phi) is 6.21. The molecule has 0 unspecified atom stereocenters. The van der Waals surface area contributed by atoms with Crippen LogP contribution in [0.1, 0.15) is 6.42 Å². The van der Waals surface area contributed by atoms with Gasteiger partial charge in [0.15, 0.2) is 5.43 Å². The molecule has 0 fully saturated rings. The van der Waals surface area contributed by atoms with Crippen molar-refractivity contribution in [1.29, 1.82) is 0 Å². The van der Waals surface area contributed by atoms with E-state index >= 15 is 0 Å². The molecule has 9 heteroatoms. The molecule has 8 nitrogen and oxygen atoms in total. The summed E-state index contributed by atoms with van der Waals surface area (Å²) in [5.74, 6) is -0.263. The fourth-order valence-corrected chi connectivity index (χ4v) is 3.81. The highest BCUT2D eigenvalue weighted by atomic mass is 35.5. The van der Waals surface area contributed by atoms with Crippen molar-refractivity contribution >= 4 is 45.0 Å². The Morgan fingerprint density at radius 3 is 2.57 bits per heavy atom. The van der Waals surface area contributed by atoms with Gasteiger partial charge in [0.25, 0.3) is 0 Å². The average Bonchev–Trinajstić information content (AvgIpc) is 3.06. The van der Waals surface area contributed by atoms with Crippen LogP contribution in [0, 0.1) is 0 Å². The Morgan fingerprint density at radius 2 is 1.87 bits per heavy atom. The van der Waals surface area contributed by atoms with E-state index in [1.165, 1.54) is 12.1 Å². The summed E-state index contributed by atoms with van der Waals surface area (Å²) in [7, 11) is 3.99. The van der Waals surface area contributed by atoms with Crippen LogP contribution in [0.4, 0.5) is 0 Å². The van der Waals surface area contributed by atoms with Gasteiger partial charge in [-0.05, 0) is 51.3 Å². The van der Waals surface area contributed by atoms with Crippen LogP contribution in [0.15, 0.2) is 34.1 Å². The lowest BCUT2D eigenvalue weighted by atomic mass is 9.99. The van der Waals surface area contributed by atoms with E-state index in [9.17, 15) is 15.0 Å². The van der Waals surface area contributed by atoms with Gasteiger partial charge in [-0.15, -0.1) is 12.4 Å². The molecular formula is C21H26ClN5O3. The summed E-state index contributed by atoms with van der Waals surface area (Å²) in [6, 6.07) is 6.44. The molecule has 0 atom stereocenters. The number of hydrogen-bond donors (Lipinski definition) is 4. The summed E-state index contributed by atoms with van der Waals surface area (Å²) in [6.45, 7) is 2.53. The molecule has 3 aromatic carbocycles. The maximum absolute atomic E-state index is 12.7. The van der Waals surface area contributed by atoms with E-state index < -0.39 is 0 Å². The molecule has 160 valence electrons. The fraction of sp³-hybridized carbons (Fsp3) is 0.333. The summed E-state index contributed by atoms with van der Waals surface area (Å²) in [4.78, 5) is 19.3. The summed E-state index contributed by atoms with van der Waals surface area (Å²) < 4.78 is 1.96. The number of aromatic amines is 1. The molecule has 0 aliphatic rings. The number of aromatic nitrogens is 2. The third kappa shape index (κ3) is 3.47. The number of rotatable bonds is 6. The van der Waals surface area contributed by atoms with Crippen molar-refractivity contribution in [2.24, 2.45) is 10.7 Å². The minimum Gasteiger partial charge on any atom is -0.507 e. The van der Waals surface area contributed by atoms with Crippen molar-refractivity contribution in [2.75, 3.05) is 33.7 Å². The average molecular weight is 432 g/mol. The van der Waals surface area contributed by atoms with Crippen LogP contribution in [-0.4, -0.2) is 58.6 Å². The molecule has 0 spiro atoms. The van der Waals surface area contributed by atoms with Crippen molar-refractivity contribution in [2.45, 2.75) is 13.0 Å². The standard InChI is InChI=1S/C21H25N5O3.ClH/c1-25(2)10-11-26-13-5-4-12(23-9-3-8-22)16-17(13)20(24-26)18-14(27)6-7-15(28)19(18)21(16)29;/h4-7,24,28-29H,3,8-11,22H2,1-2H3;1H. The van der Waals surface area contributed by atoms with Gasteiger partial charge in [-0.2, -0.15) is 0 Å². The summed E-state index contributed by atoms with van der Waals surface area (Å²) in [5, 5.41) is 27.2. The topological polar surface area (TPSA) is 120 Å². The van der Waals surface area contributed by atoms with Gasteiger partial charge in [-0.1, -0.05) is 0 Å². The predicted molar refractivity (Wildman–Crippen MR) is 122 cm³/mol. The number of fused-ring (bicyclic) bond motifs is 2. The molecular weight excluding hydrogens is 406 g/mol. The second-order valence-electron chi connectivity index (χ2n) is 7.50. The van der Waals surface area contributed by atoms with E-state index in [2.05, 4.69) is 15.0 Å². The van der Waals surface area contributed by atoms with Crippen LogP contribution >= 0.6 is 12.4 Å². The van der Waals surface area contributed by atoms with Gasteiger partial charge >= 0.3 is 0 Å². The zero-order valence-corrected chi connectivity index (χ0v) is 17.8. The van der Waals surface area contributed by atoms with Crippen molar-refractivity contribution in [3.63, 3.8) is 0 Å². The zero-order chi connectivity index (χ0) is 20.7. The molecule has 1 heterocycles. The zero-order valence-electron chi connectivity index (χ0n) is 17.0. The molecule has 0 saturated carbocycles. The maximum atomic E-state index is 12.7. The van der Waals surface area contributed by atoms with Crippen molar-refractivity contribution in [3.8, 4) is 11.5 Å². The minimum atomic E-state index is -0.261. The van der Waals surface area contributed by atoms with E-state index in [0.717, 1.165) is 23.9 Å². The molecule has 1 aromatic heterocycles. The lowest BCUT2D eigenvalue weighted by Gasteiger charge is -2.11. The number of phenols is 2. The van der Waals surface area contributed by atoms with E-state index in [4.69, 9.17) is 5.73 Å². The van der Waals surface area contributed by atoms with E-state index in [-0.39, 0.29) is 40.1 Å². The number of likely N-dealkylation sites (N-methyl/N-ethyl adjacent to an activating group) is 1. The van der Waals surface area contributed by atoms with Crippen molar-refractivity contribution in [3.05, 3.63) is 39.8 Å². The lowest BCUT2D eigenvalue weighted by Crippen LogP contribution is -2.19. The number of nitrogens with zero attached hydrogens (tertiary/aromatic N) is 3. The first-order valence-corrected chi connectivity index (χ1v) is 9.64. The Hall–Kier alpha value is -2.81. The third-order valence-corrected chi connectivity index (χ3v) is 5.23. The number of aromatic hydroxyl groups is 2. The van der Waals surface area contributed by atoms with E-state index in [1.54, 1.807) is 0 Å². The summed E-state index contributed by atoms with van der Waals surface area (Å²) in [6.07, 6.45) is 0.730. The molecule has 0 radical (unpaired) electrons. The Morgan fingerprint density at radius 1 is 1.10 bits per heavy atom. The lowest BCUT2D eigenvalue weighted by molar-refractivity contribution is 0.377. The number of phenolic OH excluding ortho intramolecular Hbond substituents is 2. The van der Waals surface area contributed by atoms with Gasteiger partial charge in [0, 0.05) is 18.5 Å². The molecule has 0 aliphatic carbocycles. The van der Waals surface area contributed by atoms with Crippen LogP contribution in [0.25, 0.3) is 32.6 Å². The summed E-state index contributed by atoms with van der Waals surface area (Å²) >= 11 is 0. The quantitative estimate of drug-likeness (QED) is 0.273. The molecule has 5 N–H and O–H groups in total. The largest absolute Gasteiger partial charge is 0.507 e. The first-order chi connectivity index (χ1) is 13.9. The van der Waals surface area contributed by atoms with Gasteiger partial charge in [0.1, 0.15) is 11.5 Å². The van der Waals surface area contributed by atoms with Gasteiger partial charge in [-0.25, -0.2) is 0 Å². The first kappa shape index (κ1) is 21.9. The number of halogens is 1. The second-order valence-corrected chi connectivity index (χ2v) is 7.50. The van der Waals surface area contributed by atoms with E-state index in [1.807, 2.05) is 30.9 Å². The smallest absolute Gasteiger partial charge is 0.189 e. The normalized spacial score (nSPS) is 12.5. The van der Waals surface area contributed by atoms with Crippen LogP contribution in [-0.2, 0) is 6.54 Å². The van der Waals surface area contributed by atoms with Gasteiger partial charge in [0.2, 0.25) is 0 Å². The van der Waals surface area contributed by atoms with Gasteiger partial charge in [0.05, 0.1) is 39.1 Å². The second kappa shape index (κ2) is 8.51. The molecule has 4 aromatic rings. The third-order valence-electron chi connectivity index (χ3n) is 5.23. The number of H-pyrrole nitrogens is 1. The van der Waals surface area contributed by atoms with Crippen LogP contribution in [0.2, 0.25) is 0 Å². The van der Waals surface area contributed by atoms with Crippen molar-refractivity contribution in [1.82, 2.24) is 14.7 Å². The number of hydrogen-bond acceptors (Lipinski definition) is 6. The monoisotopic (exact) mass is 431 g/mol. The molecule has 4 rings (SSSR count). The SMILES string of the molecule is CN(C)CCn1[nH]c2c3c(=O)ccc(O)c3c(O)c3c(=NCCCN)ccc1c32.Cl. The molecule has 0 bridgehead atoms. The Bertz CT molecular complexity index is 1330. The van der Waals surface area contributed by atoms with Crippen molar-refractivity contribution < 1.29 is 10.2 Å². The van der Waals surface area contributed by atoms with Crippen LogP contribution < -0.4 is 16.5 Å². The number of nitrogens with one attached hydrogen (secondary N) is 1. The number of benzene rings is 3. The van der Waals surface area contributed by atoms with Gasteiger partial charge in [-0.3, -0.25) is 19.6 Å². The van der Waals surface area contributed by atoms with Crippen LogP contribution in [0.5, 0.6) is 11.5 Å².